The molecule has 0 radical (unpaired) electrons. The van der Waals surface area contributed by atoms with Crippen LogP contribution in [0.5, 0.6) is 0 Å². The molecule has 2 fully saturated rings. The number of nitrogens with one attached hydrogen (secondary N) is 1. The van der Waals surface area contributed by atoms with E-state index in [2.05, 4.69) is 34.5 Å². The highest BCUT2D eigenvalue weighted by Gasteiger charge is 2.41. The van der Waals surface area contributed by atoms with Gasteiger partial charge in [0.05, 0.1) is 0 Å². The van der Waals surface area contributed by atoms with Gasteiger partial charge >= 0.3 is 0 Å². The van der Waals surface area contributed by atoms with Crippen LogP contribution in [0.3, 0.4) is 0 Å². The number of fused-ring (bicyclic) bond motifs is 1. The van der Waals surface area contributed by atoms with Gasteiger partial charge < -0.3 is 10.2 Å². The third-order valence-corrected chi connectivity index (χ3v) is 3.89. The number of benzene rings is 1. The van der Waals surface area contributed by atoms with Crippen molar-refractivity contribution in [3.05, 3.63) is 35.9 Å². The maximum Gasteiger partial charge on any atom is 0.224 e. The lowest BCUT2D eigenvalue weighted by Crippen LogP contribution is -2.38. The van der Waals surface area contributed by atoms with Crippen molar-refractivity contribution in [2.24, 2.45) is 0 Å². The van der Waals surface area contributed by atoms with E-state index in [1.54, 1.807) is 0 Å². The van der Waals surface area contributed by atoms with Crippen LogP contribution < -0.4 is 5.32 Å². The molecule has 3 rings (SSSR count). The third kappa shape index (κ3) is 2.07. The van der Waals surface area contributed by atoms with Gasteiger partial charge in [0, 0.05) is 31.6 Å². The van der Waals surface area contributed by atoms with Crippen molar-refractivity contribution >= 4 is 5.91 Å². The number of amides is 1. The first kappa shape index (κ1) is 10.8. The second kappa shape index (κ2) is 4.49. The molecule has 3 heteroatoms. The van der Waals surface area contributed by atoms with Crippen molar-refractivity contribution < 1.29 is 4.79 Å². The lowest BCUT2D eigenvalue weighted by molar-refractivity contribution is -0.127. The Morgan fingerprint density at radius 2 is 2.12 bits per heavy atom. The minimum absolute atomic E-state index is 0.332. The molecule has 1 aromatic carbocycles. The topological polar surface area (TPSA) is 32.3 Å². The molecule has 0 aliphatic carbocycles. The largest absolute Gasteiger partial charge is 0.338 e. The van der Waals surface area contributed by atoms with Gasteiger partial charge in [0.25, 0.3) is 0 Å². The van der Waals surface area contributed by atoms with Gasteiger partial charge in [0.15, 0.2) is 0 Å². The Morgan fingerprint density at radius 1 is 1.29 bits per heavy atom. The molecule has 0 bridgehead atoms. The lowest BCUT2D eigenvalue weighted by atomic mass is 10.1. The minimum atomic E-state index is 0.332. The van der Waals surface area contributed by atoms with Crippen LogP contribution in [-0.2, 0) is 11.3 Å². The van der Waals surface area contributed by atoms with Crippen molar-refractivity contribution in [2.75, 3.05) is 6.54 Å². The molecular weight excluding hydrogens is 212 g/mol. The highest BCUT2D eigenvalue weighted by atomic mass is 16.2. The van der Waals surface area contributed by atoms with Crippen molar-refractivity contribution in [1.29, 1.82) is 0 Å². The van der Waals surface area contributed by atoms with Gasteiger partial charge in [0.1, 0.15) is 0 Å². The second-order valence-corrected chi connectivity index (χ2v) is 4.97. The number of carbonyl (C=O) groups is 1. The molecule has 0 saturated carbocycles. The highest BCUT2D eigenvalue weighted by molar-refractivity contribution is 5.80. The van der Waals surface area contributed by atoms with Gasteiger partial charge in [-0.15, -0.1) is 0 Å². The molecule has 2 heterocycles. The first-order valence-corrected chi connectivity index (χ1v) is 6.41. The minimum Gasteiger partial charge on any atom is -0.338 e. The van der Waals surface area contributed by atoms with Crippen molar-refractivity contribution in [2.45, 2.75) is 37.9 Å². The maximum atomic E-state index is 11.8. The Labute approximate surface area is 102 Å². The van der Waals surface area contributed by atoms with E-state index in [1.807, 2.05) is 6.07 Å². The molecule has 2 aliphatic rings. The monoisotopic (exact) mass is 230 g/mol. The van der Waals surface area contributed by atoms with Gasteiger partial charge in [-0.2, -0.15) is 0 Å². The van der Waals surface area contributed by atoms with Crippen LogP contribution in [0.15, 0.2) is 30.3 Å². The SMILES string of the molecule is O=C1C[C@H](NCc2ccccc2)[C@@H]2CCCN12. The zero-order valence-electron chi connectivity index (χ0n) is 9.93. The van der Waals surface area contributed by atoms with Gasteiger partial charge in [-0.25, -0.2) is 0 Å². The van der Waals surface area contributed by atoms with Crippen LogP contribution in [0.2, 0.25) is 0 Å². The first-order chi connectivity index (χ1) is 8.34. The molecule has 2 aliphatic heterocycles. The summed E-state index contributed by atoms with van der Waals surface area (Å²) in [7, 11) is 0. The van der Waals surface area contributed by atoms with E-state index in [1.165, 1.54) is 12.0 Å². The van der Waals surface area contributed by atoms with Crippen LogP contribution in [-0.4, -0.2) is 29.4 Å². The fourth-order valence-corrected chi connectivity index (χ4v) is 3.01. The van der Waals surface area contributed by atoms with E-state index in [0.29, 0.717) is 24.4 Å². The molecule has 1 aromatic rings. The Morgan fingerprint density at radius 3 is 2.94 bits per heavy atom. The molecule has 17 heavy (non-hydrogen) atoms. The molecule has 0 aromatic heterocycles. The summed E-state index contributed by atoms with van der Waals surface area (Å²) < 4.78 is 0. The predicted octanol–water partition coefficient (Wildman–Crippen LogP) is 1.54. The number of hydrogen-bond acceptors (Lipinski definition) is 2. The Kier molecular flexibility index (Phi) is 2.85. The molecule has 2 atom stereocenters. The average molecular weight is 230 g/mol. The van der Waals surface area contributed by atoms with Crippen molar-refractivity contribution in [3.63, 3.8) is 0 Å². The summed E-state index contributed by atoms with van der Waals surface area (Å²) in [6.07, 6.45) is 3.01. The number of carbonyl (C=O) groups excluding carboxylic acids is 1. The summed E-state index contributed by atoms with van der Waals surface area (Å²) >= 11 is 0. The molecule has 1 amide bonds. The summed E-state index contributed by atoms with van der Waals surface area (Å²) in [6, 6.07) is 11.2. The zero-order chi connectivity index (χ0) is 11.7. The summed E-state index contributed by atoms with van der Waals surface area (Å²) in [5.74, 6) is 0.332. The van der Waals surface area contributed by atoms with Crippen LogP contribution >= 0.6 is 0 Å². The Balaban J connectivity index is 1.61. The summed E-state index contributed by atoms with van der Waals surface area (Å²) in [4.78, 5) is 13.8. The molecule has 90 valence electrons. The predicted molar refractivity (Wildman–Crippen MR) is 66.4 cm³/mol. The Hall–Kier alpha value is -1.35. The summed E-state index contributed by atoms with van der Waals surface area (Å²) in [5, 5.41) is 3.54. The fraction of sp³-hybridized carbons (Fsp3) is 0.500. The summed E-state index contributed by atoms with van der Waals surface area (Å²) in [6.45, 7) is 1.83. The first-order valence-electron chi connectivity index (χ1n) is 6.41. The standard InChI is InChI=1S/C14H18N2O/c17-14-9-12(13-7-4-8-16(13)14)15-10-11-5-2-1-3-6-11/h1-3,5-6,12-13,15H,4,7-10H2/t12-,13-/m0/s1. The molecular formula is C14H18N2O. The van der Waals surface area contributed by atoms with Gasteiger partial charge in [-0.3, -0.25) is 4.79 Å². The lowest BCUT2D eigenvalue weighted by Gasteiger charge is -2.21. The van der Waals surface area contributed by atoms with Crippen molar-refractivity contribution in [1.82, 2.24) is 10.2 Å². The van der Waals surface area contributed by atoms with E-state index in [9.17, 15) is 4.79 Å². The van der Waals surface area contributed by atoms with Gasteiger partial charge in [0.2, 0.25) is 5.91 Å². The van der Waals surface area contributed by atoms with Gasteiger partial charge in [-0.1, -0.05) is 30.3 Å². The molecule has 2 saturated heterocycles. The number of hydrogen-bond donors (Lipinski definition) is 1. The number of nitrogens with zero attached hydrogens (tertiary/aromatic N) is 1. The van der Waals surface area contributed by atoms with Gasteiger partial charge in [-0.05, 0) is 18.4 Å². The van der Waals surface area contributed by atoms with E-state index in [0.717, 1.165) is 19.5 Å². The van der Waals surface area contributed by atoms with Crippen LogP contribution in [0.4, 0.5) is 0 Å². The molecule has 0 unspecified atom stereocenters. The zero-order valence-corrected chi connectivity index (χ0v) is 9.93. The third-order valence-electron chi connectivity index (χ3n) is 3.89. The fourth-order valence-electron chi connectivity index (χ4n) is 3.01. The van der Waals surface area contributed by atoms with Crippen LogP contribution in [0.25, 0.3) is 0 Å². The van der Waals surface area contributed by atoms with E-state index in [4.69, 9.17) is 0 Å². The normalized spacial score (nSPS) is 27.5. The molecule has 0 spiro atoms. The Bertz CT molecular complexity index is 404. The number of rotatable bonds is 3. The van der Waals surface area contributed by atoms with Crippen LogP contribution in [0, 0.1) is 0 Å². The average Bonchev–Trinajstić information content (AvgIpc) is 2.93. The summed E-state index contributed by atoms with van der Waals surface area (Å²) in [5.41, 5.74) is 1.29. The van der Waals surface area contributed by atoms with Crippen LogP contribution in [0.1, 0.15) is 24.8 Å². The van der Waals surface area contributed by atoms with E-state index < -0.39 is 0 Å². The smallest absolute Gasteiger partial charge is 0.224 e. The molecule has 1 N–H and O–H groups in total. The second-order valence-electron chi connectivity index (χ2n) is 4.97. The highest BCUT2D eigenvalue weighted by Crippen LogP contribution is 2.29. The quantitative estimate of drug-likeness (QED) is 0.854. The van der Waals surface area contributed by atoms with Crippen molar-refractivity contribution in [3.8, 4) is 0 Å². The van der Waals surface area contributed by atoms with E-state index >= 15 is 0 Å². The maximum absolute atomic E-state index is 11.8. The molecule has 3 nitrogen and oxygen atoms in total. The van der Waals surface area contributed by atoms with E-state index in [-0.39, 0.29) is 0 Å².